The molecule has 1 rings (SSSR count). The first-order valence-electron chi connectivity index (χ1n) is 2.91. The molecule has 10 heavy (non-hydrogen) atoms. The van der Waals surface area contributed by atoms with Gasteiger partial charge in [-0.15, -0.1) is 0 Å². The molecule has 0 amide bonds. The van der Waals surface area contributed by atoms with Crippen molar-refractivity contribution in [2.24, 2.45) is 0 Å². The van der Waals surface area contributed by atoms with E-state index in [1.807, 2.05) is 18.4 Å². The van der Waals surface area contributed by atoms with Gasteiger partial charge in [0.1, 0.15) is 0 Å². The molecule has 1 aliphatic rings. The summed E-state index contributed by atoms with van der Waals surface area (Å²) in [7, 11) is 0. The highest BCUT2D eigenvalue weighted by Crippen LogP contribution is 2.24. The minimum absolute atomic E-state index is 0.233. The third-order valence-corrected chi connectivity index (χ3v) is 2.29. The fraction of sp³-hybridized carbons (Fsp3) is 0.500. The van der Waals surface area contributed by atoms with Crippen LogP contribution in [0.15, 0.2) is 11.5 Å². The molecule has 56 valence electrons. The van der Waals surface area contributed by atoms with Gasteiger partial charge in [0.15, 0.2) is 0 Å². The lowest BCUT2D eigenvalue weighted by Crippen LogP contribution is -2.33. The first-order chi connectivity index (χ1) is 4.62. The summed E-state index contributed by atoms with van der Waals surface area (Å²) in [6, 6.07) is 0. The lowest BCUT2D eigenvalue weighted by molar-refractivity contribution is -0.112. The molecule has 0 aromatic rings. The van der Waals surface area contributed by atoms with Crippen molar-refractivity contribution < 1.29 is 4.79 Å². The van der Waals surface area contributed by atoms with Gasteiger partial charge in [-0.25, -0.2) is 0 Å². The molecule has 0 fully saturated rings. The highest BCUT2D eigenvalue weighted by atomic mass is 35.5. The normalized spacial score (nSPS) is 31.0. The molecule has 1 heterocycles. The average Bonchev–Trinajstić information content (AvgIpc) is 2.12. The van der Waals surface area contributed by atoms with Crippen molar-refractivity contribution in [1.82, 2.24) is 4.72 Å². The molecule has 0 aromatic heterocycles. The van der Waals surface area contributed by atoms with Crippen molar-refractivity contribution in [3.63, 3.8) is 0 Å². The third-order valence-electron chi connectivity index (χ3n) is 1.30. The molecule has 0 aliphatic carbocycles. The molecule has 0 bridgehead atoms. The molecule has 4 heteroatoms. The minimum Gasteiger partial charge on any atom is -0.281 e. The van der Waals surface area contributed by atoms with Gasteiger partial charge < -0.3 is 0 Å². The Labute approximate surface area is 69.1 Å². The van der Waals surface area contributed by atoms with Gasteiger partial charge in [-0.1, -0.05) is 18.0 Å². The van der Waals surface area contributed by atoms with E-state index in [4.69, 9.17) is 11.6 Å². The Balaban J connectivity index is 2.52. The van der Waals surface area contributed by atoms with Crippen molar-refractivity contribution in [3.8, 4) is 0 Å². The Hall–Kier alpha value is 0.01000. The first-order valence-corrected chi connectivity index (χ1v) is 4.17. The number of carbonyl (C=O) groups excluding carboxylic acids is 1. The molecule has 0 saturated heterocycles. The molecule has 1 atom stereocenters. The summed E-state index contributed by atoms with van der Waals surface area (Å²) in [4.78, 5) is 10.5. The number of carbonyl (C=O) groups is 1. The molecule has 0 radical (unpaired) electrons. The number of rotatable bonds is 2. The molecule has 1 aliphatic heterocycles. The zero-order chi connectivity index (χ0) is 7.61. The Morgan fingerprint density at radius 1 is 1.90 bits per heavy atom. The summed E-state index contributed by atoms with van der Waals surface area (Å²) in [6.45, 7) is 1.93. The summed E-state index contributed by atoms with van der Waals surface area (Å²) < 4.78 is 3.06. The van der Waals surface area contributed by atoms with Crippen molar-refractivity contribution in [1.29, 1.82) is 0 Å². The van der Waals surface area contributed by atoms with Crippen LogP contribution in [0.25, 0.3) is 0 Å². The van der Waals surface area contributed by atoms with Crippen LogP contribution < -0.4 is 4.72 Å². The lowest BCUT2D eigenvalue weighted by Gasteiger charge is -2.18. The summed E-state index contributed by atoms with van der Waals surface area (Å²) in [5.41, 5.74) is -0.233. The van der Waals surface area contributed by atoms with Gasteiger partial charge in [0.05, 0.1) is 5.54 Å². The minimum atomic E-state index is -0.304. The second-order valence-electron chi connectivity index (χ2n) is 2.47. The highest BCUT2D eigenvalue weighted by Gasteiger charge is 2.26. The third kappa shape index (κ3) is 2.01. The van der Waals surface area contributed by atoms with E-state index in [-0.39, 0.29) is 10.8 Å². The van der Waals surface area contributed by atoms with Crippen LogP contribution in [0.3, 0.4) is 0 Å². The van der Waals surface area contributed by atoms with Crippen LogP contribution >= 0.6 is 23.5 Å². The Morgan fingerprint density at radius 3 is 3.00 bits per heavy atom. The SMILES string of the molecule is CC1(CC(=O)Cl)C=CSN1. The van der Waals surface area contributed by atoms with Crippen molar-refractivity contribution in [3.05, 3.63) is 11.5 Å². The van der Waals surface area contributed by atoms with Crippen LogP contribution in [0.4, 0.5) is 0 Å². The van der Waals surface area contributed by atoms with Gasteiger partial charge in [-0.05, 0) is 23.9 Å². The summed E-state index contributed by atoms with van der Waals surface area (Å²) >= 11 is 6.71. The maximum atomic E-state index is 10.5. The number of hydrogen-bond donors (Lipinski definition) is 1. The van der Waals surface area contributed by atoms with Crippen LogP contribution in [0, 0.1) is 0 Å². The molecule has 1 N–H and O–H groups in total. The molecular weight excluding hydrogens is 170 g/mol. The summed E-state index contributed by atoms with van der Waals surface area (Å²) in [5.74, 6) is 0. The van der Waals surface area contributed by atoms with E-state index < -0.39 is 0 Å². The average molecular weight is 178 g/mol. The van der Waals surface area contributed by atoms with Crippen molar-refractivity contribution in [2.75, 3.05) is 0 Å². The van der Waals surface area contributed by atoms with E-state index in [0.29, 0.717) is 6.42 Å². The second kappa shape index (κ2) is 2.95. The molecular formula is C6H8ClNOS. The van der Waals surface area contributed by atoms with Gasteiger partial charge in [-0.2, -0.15) is 0 Å². The fourth-order valence-corrected chi connectivity index (χ4v) is 1.89. The van der Waals surface area contributed by atoms with Crippen LogP contribution in [0.1, 0.15) is 13.3 Å². The van der Waals surface area contributed by atoms with Crippen LogP contribution in [-0.2, 0) is 4.79 Å². The van der Waals surface area contributed by atoms with Gasteiger partial charge in [0.25, 0.3) is 0 Å². The molecule has 0 spiro atoms. The summed E-state index contributed by atoms with van der Waals surface area (Å²) in [6.07, 6.45) is 2.29. The largest absolute Gasteiger partial charge is 0.281 e. The highest BCUT2D eigenvalue weighted by molar-refractivity contribution is 8.00. The van der Waals surface area contributed by atoms with Crippen molar-refractivity contribution >= 4 is 28.8 Å². The second-order valence-corrected chi connectivity index (χ2v) is 3.61. The van der Waals surface area contributed by atoms with E-state index >= 15 is 0 Å². The Bertz CT molecular complexity index is 183. The standard InChI is InChI=1S/C6H8ClNOS/c1-6(4-5(7)9)2-3-10-8-6/h2-3,8H,4H2,1H3. The number of hydrogen-bond acceptors (Lipinski definition) is 3. The maximum Gasteiger partial charge on any atom is 0.223 e. The van der Waals surface area contributed by atoms with Crippen LogP contribution in [-0.4, -0.2) is 10.8 Å². The topological polar surface area (TPSA) is 29.1 Å². The molecule has 1 unspecified atom stereocenters. The predicted octanol–water partition coefficient (Wildman–Crippen LogP) is 1.67. The smallest absolute Gasteiger partial charge is 0.223 e. The fourth-order valence-electron chi connectivity index (χ4n) is 0.771. The summed E-state index contributed by atoms with van der Waals surface area (Å²) in [5, 5.41) is 1.61. The van der Waals surface area contributed by atoms with Crippen molar-refractivity contribution in [2.45, 2.75) is 18.9 Å². The van der Waals surface area contributed by atoms with E-state index in [2.05, 4.69) is 4.72 Å². The lowest BCUT2D eigenvalue weighted by atomic mass is 10.0. The van der Waals surface area contributed by atoms with E-state index in [9.17, 15) is 4.79 Å². The van der Waals surface area contributed by atoms with Gasteiger partial charge in [0, 0.05) is 6.42 Å². The molecule has 2 nitrogen and oxygen atoms in total. The van der Waals surface area contributed by atoms with E-state index in [0.717, 1.165) is 0 Å². The van der Waals surface area contributed by atoms with Gasteiger partial charge in [-0.3, -0.25) is 9.52 Å². The number of halogens is 1. The van der Waals surface area contributed by atoms with E-state index in [1.54, 1.807) is 0 Å². The van der Waals surface area contributed by atoms with Crippen LogP contribution in [0.2, 0.25) is 0 Å². The van der Waals surface area contributed by atoms with Gasteiger partial charge >= 0.3 is 0 Å². The quantitative estimate of drug-likeness (QED) is 0.514. The van der Waals surface area contributed by atoms with E-state index in [1.165, 1.54) is 11.9 Å². The van der Waals surface area contributed by atoms with Crippen LogP contribution in [0.5, 0.6) is 0 Å². The Morgan fingerprint density at radius 2 is 2.60 bits per heavy atom. The molecule has 0 saturated carbocycles. The Kier molecular flexibility index (Phi) is 2.39. The zero-order valence-corrected chi connectivity index (χ0v) is 7.13. The maximum absolute atomic E-state index is 10.5. The molecule has 0 aromatic carbocycles. The first kappa shape index (κ1) is 8.11. The zero-order valence-electron chi connectivity index (χ0n) is 5.56. The predicted molar refractivity (Wildman–Crippen MR) is 43.7 cm³/mol. The van der Waals surface area contributed by atoms with Gasteiger partial charge in [0.2, 0.25) is 5.24 Å². The number of nitrogens with one attached hydrogen (secondary N) is 1. The monoisotopic (exact) mass is 177 g/mol.